The molecule has 1 amide bonds. The second kappa shape index (κ2) is 10.7. The summed E-state index contributed by atoms with van der Waals surface area (Å²) in [6.45, 7) is 1.26. The number of aromatic amines is 1. The summed E-state index contributed by atoms with van der Waals surface area (Å²) in [5.74, 6) is -2.20. The van der Waals surface area contributed by atoms with Crippen molar-refractivity contribution in [2.24, 2.45) is 0 Å². The zero-order chi connectivity index (χ0) is 25.9. The van der Waals surface area contributed by atoms with Gasteiger partial charge in [0.2, 0.25) is 6.43 Å². The molecule has 12 heteroatoms. The summed E-state index contributed by atoms with van der Waals surface area (Å²) in [5.41, 5.74) is 1.22. The summed E-state index contributed by atoms with van der Waals surface area (Å²) in [6, 6.07) is 5.88. The molecule has 0 radical (unpaired) electrons. The highest BCUT2D eigenvalue weighted by Crippen LogP contribution is 2.44. The van der Waals surface area contributed by atoms with Gasteiger partial charge in [-0.1, -0.05) is 6.07 Å². The summed E-state index contributed by atoms with van der Waals surface area (Å²) in [4.78, 5) is 20.1. The van der Waals surface area contributed by atoms with E-state index in [9.17, 15) is 18.0 Å². The van der Waals surface area contributed by atoms with E-state index in [1.807, 2.05) is 0 Å². The molecule has 2 aromatic heterocycles. The van der Waals surface area contributed by atoms with Crippen LogP contribution in [0.1, 0.15) is 22.0 Å². The summed E-state index contributed by atoms with van der Waals surface area (Å²) in [7, 11) is 1.31. The number of ether oxygens (including phenoxy) is 4. The van der Waals surface area contributed by atoms with E-state index in [1.165, 1.54) is 31.6 Å². The van der Waals surface area contributed by atoms with Crippen LogP contribution in [0.25, 0.3) is 11.3 Å². The molecule has 3 N–H and O–H groups in total. The first-order valence-electron chi connectivity index (χ1n) is 11.7. The predicted octanol–water partition coefficient (Wildman–Crippen LogP) is 3.85. The summed E-state index contributed by atoms with van der Waals surface area (Å²) in [6.07, 6.45) is -0.0315. The normalized spacial score (nSPS) is 19.3. The van der Waals surface area contributed by atoms with Crippen molar-refractivity contribution < 1.29 is 36.9 Å². The zero-order valence-electron chi connectivity index (χ0n) is 19.9. The number of pyridine rings is 1. The lowest BCUT2D eigenvalue weighted by Gasteiger charge is -2.23. The maximum absolute atomic E-state index is 14.4. The van der Waals surface area contributed by atoms with Crippen LogP contribution in [0, 0.1) is 5.82 Å². The van der Waals surface area contributed by atoms with Gasteiger partial charge in [0.15, 0.2) is 11.6 Å². The lowest BCUT2D eigenvalue weighted by Crippen LogP contribution is -2.37. The van der Waals surface area contributed by atoms with Crippen LogP contribution in [0.5, 0.6) is 11.5 Å². The predicted molar refractivity (Wildman–Crippen MR) is 127 cm³/mol. The van der Waals surface area contributed by atoms with E-state index >= 15 is 0 Å². The molecule has 0 saturated carbocycles. The van der Waals surface area contributed by atoms with Crippen molar-refractivity contribution in [2.45, 2.75) is 18.4 Å². The van der Waals surface area contributed by atoms with Crippen molar-refractivity contribution in [3.05, 3.63) is 53.7 Å². The molecule has 3 aromatic rings. The van der Waals surface area contributed by atoms with Crippen LogP contribution in [-0.2, 0) is 9.47 Å². The van der Waals surface area contributed by atoms with Gasteiger partial charge in [-0.3, -0.25) is 9.78 Å². The fraction of sp³-hybridized carbons (Fsp3) is 0.360. The van der Waals surface area contributed by atoms with Crippen molar-refractivity contribution in [2.75, 3.05) is 45.4 Å². The van der Waals surface area contributed by atoms with E-state index in [2.05, 4.69) is 20.6 Å². The number of alkyl halides is 2. The third-order valence-electron chi connectivity index (χ3n) is 6.21. The molecule has 37 heavy (non-hydrogen) atoms. The topological polar surface area (TPSA) is 107 Å². The molecular formula is C25H25F3N4O5. The molecule has 0 unspecified atom stereocenters. The highest BCUT2D eigenvalue weighted by molar-refractivity contribution is 6.07. The van der Waals surface area contributed by atoms with Crippen molar-refractivity contribution in [1.82, 2.24) is 15.3 Å². The number of nitrogens with zero attached hydrogens (tertiary/aromatic N) is 1. The number of hydrogen-bond acceptors (Lipinski definition) is 7. The third kappa shape index (κ3) is 4.94. The number of anilines is 2. The van der Waals surface area contributed by atoms with Crippen molar-refractivity contribution >= 4 is 17.3 Å². The van der Waals surface area contributed by atoms with E-state index in [4.69, 9.17) is 18.9 Å². The Morgan fingerprint density at radius 2 is 2.14 bits per heavy atom. The average Bonchev–Trinajstić information content (AvgIpc) is 3.28. The molecule has 196 valence electrons. The fourth-order valence-electron chi connectivity index (χ4n) is 4.43. The number of H-pyrrole nitrogens is 1. The minimum Gasteiger partial charge on any atom is -0.492 e. The minimum atomic E-state index is -2.74. The standard InChI is InChI=1S/C25H25F3N4O5/c1-34-23-16(26)3-2-4-17(23)31-22-19-20(15(24(27)28)9-30-25(19)33)32-21(22)14-5-6-29-10-18(14)37-12-13-11-35-7-8-36-13/h2-6,10,13,15,24,31-32H,7-9,11-12H2,1H3,(H,30,33)/t13-,15+/m1/s1. The second-order valence-electron chi connectivity index (χ2n) is 8.51. The van der Waals surface area contributed by atoms with Gasteiger partial charge >= 0.3 is 0 Å². The molecule has 9 nitrogen and oxygen atoms in total. The quantitative estimate of drug-likeness (QED) is 0.416. The Balaban J connectivity index is 1.61. The maximum atomic E-state index is 14.4. The monoisotopic (exact) mass is 518 g/mol. The Hall–Kier alpha value is -3.77. The number of carbonyl (C=O) groups is 1. The Morgan fingerprint density at radius 1 is 1.27 bits per heavy atom. The maximum Gasteiger partial charge on any atom is 0.255 e. The summed E-state index contributed by atoms with van der Waals surface area (Å²) in [5, 5.41) is 5.56. The zero-order valence-corrected chi connectivity index (χ0v) is 19.9. The lowest BCUT2D eigenvalue weighted by molar-refractivity contribution is -0.101. The van der Waals surface area contributed by atoms with E-state index in [0.29, 0.717) is 36.8 Å². The highest BCUT2D eigenvalue weighted by Gasteiger charge is 2.37. The number of nitrogens with one attached hydrogen (secondary N) is 3. The van der Waals surface area contributed by atoms with Crippen molar-refractivity contribution in [3.63, 3.8) is 0 Å². The molecule has 5 rings (SSSR count). The number of para-hydroxylation sites is 1. The molecule has 0 aliphatic carbocycles. The van der Waals surface area contributed by atoms with Gasteiger partial charge < -0.3 is 34.6 Å². The van der Waals surface area contributed by atoms with Crippen LogP contribution in [0.2, 0.25) is 0 Å². The number of benzene rings is 1. The van der Waals surface area contributed by atoms with E-state index in [1.54, 1.807) is 12.1 Å². The molecule has 1 fully saturated rings. The first kappa shape index (κ1) is 24.9. The largest absolute Gasteiger partial charge is 0.492 e. The molecule has 0 spiro atoms. The molecule has 2 aliphatic rings. The van der Waals surface area contributed by atoms with Gasteiger partial charge in [0.1, 0.15) is 18.5 Å². The van der Waals surface area contributed by atoms with Crippen LogP contribution in [0.4, 0.5) is 24.5 Å². The Bertz CT molecular complexity index is 1280. The molecule has 2 aliphatic heterocycles. The van der Waals surface area contributed by atoms with Gasteiger partial charge in [0, 0.05) is 24.0 Å². The molecular weight excluding hydrogens is 493 g/mol. The van der Waals surface area contributed by atoms with Crippen LogP contribution in [-0.4, -0.2) is 68.5 Å². The number of rotatable bonds is 8. The SMILES string of the molecule is COc1c(F)cccc1Nc1c(-c2ccncc2OC[C@H]2COCCO2)[nH]c2c1C(=O)NC[C@@H]2C(F)F. The number of methoxy groups -OCH3 is 1. The number of carbonyl (C=O) groups excluding carboxylic acids is 1. The Kier molecular flexibility index (Phi) is 7.19. The van der Waals surface area contributed by atoms with Gasteiger partial charge in [0.25, 0.3) is 5.91 Å². The van der Waals surface area contributed by atoms with E-state index < -0.39 is 24.1 Å². The fourth-order valence-corrected chi connectivity index (χ4v) is 4.43. The summed E-state index contributed by atoms with van der Waals surface area (Å²) >= 11 is 0. The number of aromatic nitrogens is 2. The average molecular weight is 518 g/mol. The molecule has 4 heterocycles. The number of amides is 1. The smallest absolute Gasteiger partial charge is 0.255 e. The van der Waals surface area contributed by atoms with E-state index in [-0.39, 0.29) is 47.6 Å². The molecule has 1 saturated heterocycles. The molecule has 1 aromatic carbocycles. The van der Waals surface area contributed by atoms with E-state index in [0.717, 1.165) is 0 Å². The van der Waals surface area contributed by atoms with Gasteiger partial charge in [0.05, 0.1) is 61.7 Å². The highest BCUT2D eigenvalue weighted by atomic mass is 19.3. The molecule has 0 bridgehead atoms. The van der Waals surface area contributed by atoms with Crippen LogP contribution >= 0.6 is 0 Å². The number of hydrogen-bond donors (Lipinski definition) is 3. The van der Waals surface area contributed by atoms with Gasteiger partial charge in [-0.2, -0.15) is 0 Å². The Morgan fingerprint density at radius 3 is 2.89 bits per heavy atom. The molecule has 2 atom stereocenters. The lowest BCUT2D eigenvalue weighted by atomic mass is 9.96. The number of halogens is 3. The van der Waals surface area contributed by atoms with Gasteiger partial charge in [-0.25, -0.2) is 13.2 Å². The Labute approximate surface area is 210 Å². The van der Waals surface area contributed by atoms with Gasteiger partial charge in [-0.05, 0) is 18.2 Å². The number of fused-ring (bicyclic) bond motifs is 1. The minimum absolute atomic E-state index is 0.00430. The van der Waals surface area contributed by atoms with Crippen molar-refractivity contribution in [3.8, 4) is 22.8 Å². The van der Waals surface area contributed by atoms with Crippen LogP contribution in [0.3, 0.4) is 0 Å². The second-order valence-corrected chi connectivity index (χ2v) is 8.51. The third-order valence-corrected chi connectivity index (χ3v) is 6.21. The van der Waals surface area contributed by atoms with Crippen LogP contribution < -0.4 is 20.1 Å². The van der Waals surface area contributed by atoms with Crippen LogP contribution in [0.15, 0.2) is 36.7 Å². The first-order valence-corrected chi connectivity index (χ1v) is 11.7. The summed E-state index contributed by atoms with van der Waals surface area (Å²) < 4.78 is 64.6. The van der Waals surface area contributed by atoms with Gasteiger partial charge in [-0.15, -0.1) is 0 Å². The first-order chi connectivity index (χ1) is 18.0. The van der Waals surface area contributed by atoms with Crippen molar-refractivity contribution in [1.29, 1.82) is 0 Å².